The summed E-state index contributed by atoms with van der Waals surface area (Å²) in [4.78, 5) is 0. The van der Waals surface area contributed by atoms with Gasteiger partial charge in [-0.25, -0.2) is 0 Å². The smallest absolute Gasteiger partial charge is 0.0241 e. The maximum atomic E-state index is 3.80. The zero-order valence-electron chi connectivity index (χ0n) is 8.81. The highest BCUT2D eigenvalue weighted by Crippen LogP contribution is 2.41. The highest BCUT2D eigenvalue weighted by atomic mass is 32.2. The standard InChI is InChI=1S/C11H21NS/c1-9(2)11(5-3-6-12-11)10-4-7-13-8-10/h9-10,12H,3-8H2,1-2H3. The third kappa shape index (κ3) is 1.63. The molecule has 0 amide bonds. The third-order valence-corrected chi connectivity index (χ3v) is 5.07. The van der Waals surface area contributed by atoms with Crippen molar-refractivity contribution < 1.29 is 0 Å². The Balaban J connectivity index is 2.11. The summed E-state index contributed by atoms with van der Waals surface area (Å²) in [5.41, 5.74) is 0.503. The Morgan fingerprint density at radius 1 is 1.46 bits per heavy atom. The van der Waals surface area contributed by atoms with Gasteiger partial charge in [0.05, 0.1) is 0 Å². The molecule has 2 aliphatic rings. The van der Waals surface area contributed by atoms with Crippen LogP contribution in [-0.4, -0.2) is 23.6 Å². The van der Waals surface area contributed by atoms with Gasteiger partial charge in [0, 0.05) is 5.54 Å². The van der Waals surface area contributed by atoms with E-state index in [9.17, 15) is 0 Å². The van der Waals surface area contributed by atoms with Gasteiger partial charge in [0.25, 0.3) is 0 Å². The lowest BCUT2D eigenvalue weighted by Crippen LogP contribution is -2.51. The molecule has 13 heavy (non-hydrogen) atoms. The van der Waals surface area contributed by atoms with Crippen LogP contribution < -0.4 is 5.32 Å². The van der Waals surface area contributed by atoms with E-state index in [-0.39, 0.29) is 0 Å². The van der Waals surface area contributed by atoms with Crippen LogP contribution >= 0.6 is 11.8 Å². The molecular weight excluding hydrogens is 178 g/mol. The fourth-order valence-electron chi connectivity index (χ4n) is 3.04. The summed E-state index contributed by atoms with van der Waals surface area (Å²) in [5, 5.41) is 3.80. The van der Waals surface area contributed by atoms with Gasteiger partial charge in [0.2, 0.25) is 0 Å². The van der Waals surface area contributed by atoms with E-state index in [0.717, 1.165) is 11.8 Å². The van der Waals surface area contributed by atoms with Crippen LogP contribution in [0.4, 0.5) is 0 Å². The van der Waals surface area contributed by atoms with E-state index in [4.69, 9.17) is 0 Å². The maximum absolute atomic E-state index is 3.80. The fourth-order valence-corrected chi connectivity index (χ4v) is 4.41. The Labute approximate surface area is 86.0 Å². The van der Waals surface area contributed by atoms with Crippen LogP contribution in [0.5, 0.6) is 0 Å². The van der Waals surface area contributed by atoms with Crippen molar-refractivity contribution in [3.05, 3.63) is 0 Å². The lowest BCUT2D eigenvalue weighted by molar-refractivity contribution is 0.184. The predicted octanol–water partition coefficient (Wildman–Crippen LogP) is 2.52. The number of hydrogen-bond donors (Lipinski definition) is 1. The Kier molecular flexibility index (Phi) is 2.89. The van der Waals surface area contributed by atoms with Gasteiger partial charge in [-0.1, -0.05) is 13.8 Å². The minimum Gasteiger partial charge on any atom is -0.311 e. The molecule has 0 radical (unpaired) electrons. The molecule has 2 saturated heterocycles. The number of hydrogen-bond acceptors (Lipinski definition) is 2. The molecule has 2 rings (SSSR count). The molecule has 2 fully saturated rings. The average Bonchev–Trinajstić information content (AvgIpc) is 2.75. The van der Waals surface area contributed by atoms with Crippen molar-refractivity contribution in [3.63, 3.8) is 0 Å². The van der Waals surface area contributed by atoms with Gasteiger partial charge in [0.1, 0.15) is 0 Å². The highest BCUT2D eigenvalue weighted by Gasteiger charge is 2.44. The molecule has 0 aromatic heterocycles. The molecule has 0 aromatic carbocycles. The number of thioether (sulfide) groups is 1. The molecule has 0 saturated carbocycles. The Morgan fingerprint density at radius 3 is 2.77 bits per heavy atom. The summed E-state index contributed by atoms with van der Waals surface area (Å²) in [6.45, 7) is 6.03. The summed E-state index contributed by atoms with van der Waals surface area (Å²) in [7, 11) is 0. The minimum atomic E-state index is 0.503. The molecule has 0 aliphatic carbocycles. The second kappa shape index (κ2) is 3.82. The molecule has 1 nitrogen and oxygen atoms in total. The van der Waals surface area contributed by atoms with Gasteiger partial charge in [-0.15, -0.1) is 0 Å². The van der Waals surface area contributed by atoms with Crippen molar-refractivity contribution in [3.8, 4) is 0 Å². The van der Waals surface area contributed by atoms with Crippen molar-refractivity contribution in [1.82, 2.24) is 5.32 Å². The zero-order valence-corrected chi connectivity index (χ0v) is 9.62. The van der Waals surface area contributed by atoms with Crippen molar-refractivity contribution in [2.75, 3.05) is 18.1 Å². The van der Waals surface area contributed by atoms with Crippen LogP contribution in [0.3, 0.4) is 0 Å². The van der Waals surface area contributed by atoms with E-state index in [0.29, 0.717) is 5.54 Å². The average molecular weight is 199 g/mol. The van der Waals surface area contributed by atoms with Crippen molar-refractivity contribution in [2.45, 2.75) is 38.6 Å². The fraction of sp³-hybridized carbons (Fsp3) is 1.00. The Bertz CT molecular complexity index is 167. The monoisotopic (exact) mass is 199 g/mol. The van der Waals surface area contributed by atoms with E-state index in [1.165, 1.54) is 37.3 Å². The van der Waals surface area contributed by atoms with Crippen LogP contribution in [0.2, 0.25) is 0 Å². The largest absolute Gasteiger partial charge is 0.311 e. The molecule has 0 aromatic rings. The molecule has 2 aliphatic heterocycles. The summed E-state index contributed by atoms with van der Waals surface area (Å²) >= 11 is 2.14. The lowest BCUT2D eigenvalue weighted by Gasteiger charge is -2.39. The van der Waals surface area contributed by atoms with Gasteiger partial charge in [-0.3, -0.25) is 0 Å². The van der Waals surface area contributed by atoms with Crippen molar-refractivity contribution in [2.24, 2.45) is 11.8 Å². The molecule has 2 atom stereocenters. The quantitative estimate of drug-likeness (QED) is 0.733. The topological polar surface area (TPSA) is 12.0 Å². The van der Waals surface area contributed by atoms with Crippen molar-refractivity contribution in [1.29, 1.82) is 0 Å². The molecule has 76 valence electrons. The van der Waals surface area contributed by atoms with Crippen LogP contribution in [0.15, 0.2) is 0 Å². The summed E-state index contributed by atoms with van der Waals surface area (Å²) in [5.74, 6) is 4.53. The Hall–Kier alpha value is 0.310. The molecule has 2 heterocycles. The first-order chi connectivity index (χ1) is 6.26. The van der Waals surface area contributed by atoms with E-state index in [2.05, 4.69) is 30.9 Å². The first-order valence-corrected chi connectivity index (χ1v) is 6.74. The van der Waals surface area contributed by atoms with Crippen LogP contribution in [0, 0.1) is 11.8 Å². The summed E-state index contributed by atoms with van der Waals surface area (Å²) in [6, 6.07) is 0. The molecule has 0 bridgehead atoms. The van der Waals surface area contributed by atoms with E-state index in [1.807, 2.05) is 0 Å². The van der Waals surface area contributed by atoms with Gasteiger partial charge in [0.15, 0.2) is 0 Å². The third-order valence-electron chi connectivity index (χ3n) is 3.91. The molecule has 2 unspecified atom stereocenters. The van der Waals surface area contributed by atoms with Crippen molar-refractivity contribution >= 4 is 11.8 Å². The molecule has 1 N–H and O–H groups in total. The Morgan fingerprint density at radius 2 is 2.31 bits per heavy atom. The second-order valence-corrected chi connectivity index (χ2v) is 5.94. The summed E-state index contributed by atoms with van der Waals surface area (Å²) in [6.07, 6.45) is 4.24. The number of nitrogens with one attached hydrogen (secondary N) is 1. The first-order valence-electron chi connectivity index (χ1n) is 5.58. The first kappa shape index (κ1) is 9.85. The van der Waals surface area contributed by atoms with E-state index in [1.54, 1.807) is 0 Å². The predicted molar refractivity (Wildman–Crippen MR) is 60.2 cm³/mol. The van der Waals surface area contributed by atoms with E-state index < -0.39 is 0 Å². The van der Waals surface area contributed by atoms with E-state index >= 15 is 0 Å². The number of rotatable bonds is 2. The maximum Gasteiger partial charge on any atom is 0.0241 e. The SMILES string of the molecule is CC(C)C1(C2CCSC2)CCCN1. The van der Waals surface area contributed by atoms with Gasteiger partial charge in [-0.05, 0) is 49.1 Å². The highest BCUT2D eigenvalue weighted by molar-refractivity contribution is 7.99. The van der Waals surface area contributed by atoms with Crippen LogP contribution in [0.1, 0.15) is 33.1 Å². The zero-order chi connectivity index (χ0) is 9.31. The normalized spacial score (nSPS) is 40.4. The van der Waals surface area contributed by atoms with Crippen LogP contribution in [-0.2, 0) is 0 Å². The van der Waals surface area contributed by atoms with Gasteiger partial charge in [-0.2, -0.15) is 11.8 Å². The minimum absolute atomic E-state index is 0.503. The lowest BCUT2D eigenvalue weighted by atomic mass is 9.74. The molecular formula is C11H21NS. The molecule has 0 spiro atoms. The second-order valence-electron chi connectivity index (χ2n) is 4.79. The van der Waals surface area contributed by atoms with Gasteiger partial charge >= 0.3 is 0 Å². The molecule has 2 heteroatoms. The van der Waals surface area contributed by atoms with Gasteiger partial charge < -0.3 is 5.32 Å². The van der Waals surface area contributed by atoms with Crippen LogP contribution in [0.25, 0.3) is 0 Å². The summed E-state index contributed by atoms with van der Waals surface area (Å²) < 4.78 is 0.